The molecule has 3 aliphatic carbocycles. The highest BCUT2D eigenvalue weighted by atomic mass is 16.2. The minimum absolute atomic E-state index is 0.208. The smallest absolute Gasteiger partial charge is 0.254 e. The van der Waals surface area contributed by atoms with Gasteiger partial charge in [0.2, 0.25) is 0 Å². The number of carbonyl (C=O) groups is 1. The Morgan fingerprint density at radius 2 is 2.03 bits per heavy atom. The van der Waals surface area contributed by atoms with Crippen LogP contribution in [-0.2, 0) is 0 Å². The van der Waals surface area contributed by atoms with Gasteiger partial charge in [0.1, 0.15) is 0 Å². The van der Waals surface area contributed by atoms with Crippen LogP contribution >= 0.6 is 0 Å². The lowest BCUT2D eigenvalue weighted by molar-refractivity contribution is -0.0104. The van der Waals surface area contributed by atoms with E-state index >= 15 is 0 Å². The zero-order valence-corrected chi connectivity index (χ0v) is 19.5. The summed E-state index contributed by atoms with van der Waals surface area (Å²) in [5.41, 5.74) is 3.87. The van der Waals surface area contributed by atoms with Crippen molar-refractivity contribution in [1.82, 2.24) is 9.80 Å². The molecule has 3 unspecified atom stereocenters. The van der Waals surface area contributed by atoms with E-state index in [1.807, 2.05) is 18.2 Å². The van der Waals surface area contributed by atoms with E-state index in [9.17, 15) is 4.79 Å². The van der Waals surface area contributed by atoms with E-state index in [-0.39, 0.29) is 5.91 Å². The van der Waals surface area contributed by atoms with Crippen molar-refractivity contribution in [3.05, 3.63) is 47.0 Å². The molecule has 3 heteroatoms. The molecule has 1 saturated heterocycles. The molecule has 1 aliphatic heterocycles. The normalized spacial score (nSPS) is 27.9. The van der Waals surface area contributed by atoms with E-state index in [0.29, 0.717) is 17.4 Å². The van der Waals surface area contributed by atoms with Gasteiger partial charge in [-0.1, -0.05) is 50.1 Å². The van der Waals surface area contributed by atoms with E-state index in [1.165, 1.54) is 44.2 Å². The standard InChI is InChI=1S/C27H40N2O/c1-20-10-5-6-12-24(20)26(30)29(17-9-16-28-15-8-7-11-21(28)2)19-22-13-14-23-18-25(22)27(23,3)4/h5-6,10,12-13,21,23,25H,7-9,11,14-19H2,1-4H3. The maximum atomic E-state index is 13.6. The molecule has 0 aromatic heterocycles. The van der Waals surface area contributed by atoms with Crippen LogP contribution in [0.4, 0.5) is 0 Å². The summed E-state index contributed by atoms with van der Waals surface area (Å²) in [5.74, 6) is 1.71. The van der Waals surface area contributed by atoms with Gasteiger partial charge in [-0.05, 0) is 81.4 Å². The van der Waals surface area contributed by atoms with Crippen molar-refractivity contribution in [2.45, 2.75) is 72.3 Å². The number of piperidine rings is 1. The fourth-order valence-corrected chi connectivity index (χ4v) is 6.07. The molecule has 0 N–H and O–H groups in total. The third-order valence-electron chi connectivity index (χ3n) is 8.43. The summed E-state index contributed by atoms with van der Waals surface area (Å²) in [6, 6.07) is 8.76. The van der Waals surface area contributed by atoms with Gasteiger partial charge in [-0.15, -0.1) is 0 Å². The average molecular weight is 409 g/mol. The SMILES string of the molecule is Cc1ccccc1C(=O)N(CCCN1CCCCC1C)CC1=CCC2CC1C2(C)C. The van der Waals surface area contributed by atoms with Crippen LogP contribution in [0.25, 0.3) is 0 Å². The number of hydrogen-bond acceptors (Lipinski definition) is 2. The quantitative estimate of drug-likeness (QED) is 0.541. The van der Waals surface area contributed by atoms with Gasteiger partial charge < -0.3 is 9.80 Å². The largest absolute Gasteiger partial charge is 0.335 e. The minimum atomic E-state index is 0.208. The highest BCUT2D eigenvalue weighted by molar-refractivity contribution is 5.95. The zero-order valence-electron chi connectivity index (χ0n) is 19.5. The minimum Gasteiger partial charge on any atom is -0.335 e. The number of benzene rings is 1. The van der Waals surface area contributed by atoms with Gasteiger partial charge >= 0.3 is 0 Å². The van der Waals surface area contributed by atoms with Crippen molar-refractivity contribution >= 4 is 5.91 Å². The molecule has 2 bridgehead atoms. The van der Waals surface area contributed by atoms with Crippen molar-refractivity contribution in [1.29, 1.82) is 0 Å². The maximum absolute atomic E-state index is 13.6. The molecule has 30 heavy (non-hydrogen) atoms. The van der Waals surface area contributed by atoms with E-state index in [2.05, 4.69) is 49.6 Å². The fraction of sp³-hybridized carbons (Fsp3) is 0.667. The van der Waals surface area contributed by atoms with Crippen LogP contribution in [0.15, 0.2) is 35.9 Å². The predicted molar refractivity (Wildman–Crippen MR) is 125 cm³/mol. The molecule has 3 nitrogen and oxygen atoms in total. The summed E-state index contributed by atoms with van der Waals surface area (Å²) < 4.78 is 0. The third kappa shape index (κ3) is 4.23. The maximum Gasteiger partial charge on any atom is 0.254 e. The Bertz CT molecular complexity index is 796. The number of fused-ring (bicyclic) bond motifs is 1. The molecule has 5 rings (SSSR count). The van der Waals surface area contributed by atoms with E-state index in [4.69, 9.17) is 0 Å². The second kappa shape index (κ2) is 8.86. The van der Waals surface area contributed by atoms with Crippen molar-refractivity contribution in [2.75, 3.05) is 26.2 Å². The van der Waals surface area contributed by atoms with Gasteiger partial charge in [-0.3, -0.25) is 4.79 Å². The summed E-state index contributed by atoms with van der Waals surface area (Å²) >= 11 is 0. The van der Waals surface area contributed by atoms with E-state index in [0.717, 1.165) is 43.1 Å². The lowest BCUT2D eigenvalue weighted by atomic mass is 9.49. The number of nitrogens with zero attached hydrogens (tertiary/aromatic N) is 2. The van der Waals surface area contributed by atoms with Crippen LogP contribution in [0.2, 0.25) is 0 Å². The molecular weight excluding hydrogens is 368 g/mol. The molecule has 164 valence electrons. The van der Waals surface area contributed by atoms with Crippen molar-refractivity contribution < 1.29 is 4.79 Å². The van der Waals surface area contributed by atoms with Crippen LogP contribution in [0.3, 0.4) is 0 Å². The number of likely N-dealkylation sites (tertiary alicyclic amines) is 1. The first-order valence-electron chi connectivity index (χ1n) is 12.2. The van der Waals surface area contributed by atoms with Crippen LogP contribution in [0.5, 0.6) is 0 Å². The zero-order chi connectivity index (χ0) is 21.3. The number of allylic oxidation sites excluding steroid dienone is 1. The van der Waals surface area contributed by atoms with Gasteiger partial charge in [0, 0.05) is 31.2 Å². The Labute approximate surface area is 183 Å². The molecule has 0 radical (unpaired) electrons. The molecule has 1 heterocycles. The van der Waals surface area contributed by atoms with Gasteiger partial charge in [0.25, 0.3) is 5.91 Å². The Hall–Kier alpha value is -1.61. The van der Waals surface area contributed by atoms with Crippen molar-refractivity contribution in [2.24, 2.45) is 17.3 Å². The molecular formula is C27H40N2O. The summed E-state index contributed by atoms with van der Waals surface area (Å²) in [5, 5.41) is 0. The Morgan fingerprint density at radius 3 is 2.73 bits per heavy atom. The molecule has 1 aromatic rings. The van der Waals surface area contributed by atoms with Crippen LogP contribution in [0, 0.1) is 24.2 Å². The lowest BCUT2D eigenvalue weighted by Crippen LogP contribution is -2.50. The summed E-state index contributed by atoms with van der Waals surface area (Å²) in [4.78, 5) is 18.3. The number of amides is 1. The number of aryl methyl sites for hydroxylation is 1. The highest BCUT2D eigenvalue weighted by Gasteiger charge is 2.51. The summed E-state index contributed by atoms with van der Waals surface area (Å²) in [6.07, 6.45) is 10.0. The van der Waals surface area contributed by atoms with Gasteiger partial charge in [0.05, 0.1) is 0 Å². The van der Waals surface area contributed by atoms with Crippen molar-refractivity contribution in [3.63, 3.8) is 0 Å². The molecule has 1 saturated carbocycles. The number of carbonyl (C=O) groups excluding carboxylic acids is 1. The molecule has 1 aromatic carbocycles. The molecule has 0 spiro atoms. The van der Waals surface area contributed by atoms with E-state index < -0.39 is 0 Å². The number of rotatable bonds is 7. The van der Waals surface area contributed by atoms with Crippen LogP contribution in [0.1, 0.15) is 75.2 Å². The first-order valence-corrected chi connectivity index (χ1v) is 12.2. The second-order valence-electron chi connectivity index (χ2n) is 10.6. The van der Waals surface area contributed by atoms with Gasteiger partial charge in [0.15, 0.2) is 0 Å². The lowest BCUT2D eigenvalue weighted by Gasteiger charge is -2.57. The topological polar surface area (TPSA) is 23.6 Å². The number of hydrogen-bond donors (Lipinski definition) is 0. The second-order valence-corrected chi connectivity index (χ2v) is 10.6. The monoisotopic (exact) mass is 408 g/mol. The summed E-state index contributed by atoms with van der Waals surface area (Å²) in [7, 11) is 0. The fourth-order valence-electron chi connectivity index (χ4n) is 6.07. The summed E-state index contributed by atoms with van der Waals surface area (Å²) in [6.45, 7) is 13.2. The van der Waals surface area contributed by atoms with Gasteiger partial charge in [-0.25, -0.2) is 0 Å². The van der Waals surface area contributed by atoms with Crippen LogP contribution in [-0.4, -0.2) is 47.9 Å². The Balaban J connectivity index is 1.46. The van der Waals surface area contributed by atoms with Crippen molar-refractivity contribution in [3.8, 4) is 0 Å². The Kier molecular flexibility index (Phi) is 6.39. The molecule has 4 aliphatic rings. The Morgan fingerprint density at radius 1 is 1.23 bits per heavy atom. The van der Waals surface area contributed by atoms with E-state index in [1.54, 1.807) is 0 Å². The molecule has 3 atom stereocenters. The third-order valence-corrected chi connectivity index (χ3v) is 8.43. The van der Waals surface area contributed by atoms with Crippen LogP contribution < -0.4 is 0 Å². The average Bonchev–Trinajstić information content (AvgIpc) is 2.74. The molecule has 1 amide bonds. The first-order chi connectivity index (χ1) is 14.4. The highest BCUT2D eigenvalue weighted by Crippen LogP contribution is 2.59. The molecule has 2 fully saturated rings. The van der Waals surface area contributed by atoms with Gasteiger partial charge in [-0.2, -0.15) is 0 Å². The first kappa shape index (κ1) is 21.6. The predicted octanol–water partition coefficient (Wildman–Crippen LogP) is 5.69.